The molecule has 0 aromatic carbocycles. The molecule has 13 heavy (non-hydrogen) atoms. The van der Waals surface area contributed by atoms with E-state index in [1.165, 1.54) is 11.3 Å². The van der Waals surface area contributed by atoms with Gasteiger partial charge in [-0.15, -0.1) is 11.3 Å². The van der Waals surface area contributed by atoms with Crippen LogP contribution in [0.15, 0.2) is 12.1 Å². The first kappa shape index (κ1) is 9.50. The highest BCUT2D eigenvalue weighted by Crippen LogP contribution is 2.31. The molecule has 0 unspecified atom stereocenters. The van der Waals surface area contributed by atoms with Gasteiger partial charge in [-0.1, -0.05) is 18.0 Å². The van der Waals surface area contributed by atoms with E-state index in [2.05, 4.69) is 6.07 Å². The van der Waals surface area contributed by atoms with Gasteiger partial charge in [-0.3, -0.25) is 0 Å². The number of aliphatic hydroxyl groups excluding tert-OH is 1. The van der Waals surface area contributed by atoms with Crippen LogP contribution in [-0.2, 0) is 6.42 Å². The molecule has 72 valence electrons. The number of halogens is 1. The third kappa shape index (κ3) is 2.25. The second kappa shape index (κ2) is 3.99. The Morgan fingerprint density at radius 3 is 2.85 bits per heavy atom. The largest absolute Gasteiger partial charge is 0.393 e. The molecular formula is C10H13ClOS. The van der Waals surface area contributed by atoms with E-state index in [9.17, 15) is 5.11 Å². The van der Waals surface area contributed by atoms with Crippen LogP contribution in [0.5, 0.6) is 0 Å². The lowest BCUT2D eigenvalue weighted by Crippen LogP contribution is -2.14. The number of thiophene rings is 1. The van der Waals surface area contributed by atoms with Crippen molar-refractivity contribution < 1.29 is 5.11 Å². The number of rotatable bonds is 2. The maximum Gasteiger partial charge on any atom is 0.0931 e. The van der Waals surface area contributed by atoms with Crippen molar-refractivity contribution in [3.05, 3.63) is 21.3 Å². The highest BCUT2D eigenvalue weighted by atomic mass is 35.5. The van der Waals surface area contributed by atoms with Crippen LogP contribution in [0.25, 0.3) is 0 Å². The predicted molar refractivity (Wildman–Crippen MR) is 56.4 cm³/mol. The highest BCUT2D eigenvalue weighted by Gasteiger charge is 2.25. The van der Waals surface area contributed by atoms with Gasteiger partial charge in [0.05, 0.1) is 10.4 Å². The van der Waals surface area contributed by atoms with E-state index in [0.29, 0.717) is 5.92 Å². The van der Waals surface area contributed by atoms with Gasteiger partial charge < -0.3 is 5.11 Å². The fraction of sp³-hybridized carbons (Fsp3) is 0.600. The highest BCUT2D eigenvalue weighted by molar-refractivity contribution is 7.16. The van der Waals surface area contributed by atoms with E-state index in [-0.39, 0.29) is 6.10 Å². The van der Waals surface area contributed by atoms with Crippen molar-refractivity contribution in [1.82, 2.24) is 0 Å². The van der Waals surface area contributed by atoms with Crippen LogP contribution >= 0.6 is 22.9 Å². The van der Waals surface area contributed by atoms with Crippen molar-refractivity contribution in [2.75, 3.05) is 0 Å². The summed E-state index contributed by atoms with van der Waals surface area (Å²) in [5.41, 5.74) is 0. The molecule has 1 saturated carbocycles. The Morgan fingerprint density at radius 1 is 1.46 bits per heavy atom. The van der Waals surface area contributed by atoms with Crippen LogP contribution in [0.1, 0.15) is 24.1 Å². The minimum absolute atomic E-state index is 0.0825. The monoisotopic (exact) mass is 216 g/mol. The molecule has 1 fully saturated rings. The molecule has 2 rings (SSSR count). The molecule has 3 heteroatoms. The van der Waals surface area contributed by atoms with Crippen LogP contribution < -0.4 is 0 Å². The van der Waals surface area contributed by atoms with E-state index in [1.54, 1.807) is 11.3 Å². The first-order chi connectivity index (χ1) is 6.25. The molecule has 1 aliphatic carbocycles. The molecule has 1 nitrogen and oxygen atoms in total. The van der Waals surface area contributed by atoms with Gasteiger partial charge in [0.2, 0.25) is 0 Å². The van der Waals surface area contributed by atoms with Crippen molar-refractivity contribution in [1.29, 1.82) is 0 Å². The maximum absolute atomic E-state index is 9.63. The summed E-state index contributed by atoms with van der Waals surface area (Å²) in [6, 6.07) is 4.00. The molecule has 1 aromatic rings. The quantitative estimate of drug-likeness (QED) is 0.806. The zero-order chi connectivity index (χ0) is 9.26. The van der Waals surface area contributed by atoms with Gasteiger partial charge in [-0.05, 0) is 37.3 Å². The van der Waals surface area contributed by atoms with Gasteiger partial charge >= 0.3 is 0 Å². The minimum atomic E-state index is -0.0825. The molecule has 0 saturated heterocycles. The zero-order valence-corrected chi connectivity index (χ0v) is 8.94. The molecule has 1 heterocycles. The first-order valence-corrected chi connectivity index (χ1v) is 5.87. The summed E-state index contributed by atoms with van der Waals surface area (Å²) in [6.45, 7) is 0. The molecular weight excluding hydrogens is 204 g/mol. The number of hydrogen-bond acceptors (Lipinski definition) is 2. The van der Waals surface area contributed by atoms with Gasteiger partial charge in [0, 0.05) is 4.88 Å². The van der Waals surface area contributed by atoms with E-state index >= 15 is 0 Å². The molecule has 2 atom stereocenters. The van der Waals surface area contributed by atoms with Gasteiger partial charge in [0.1, 0.15) is 0 Å². The second-order valence-corrected chi connectivity index (χ2v) is 5.47. The lowest BCUT2D eigenvalue weighted by molar-refractivity contribution is 0.133. The third-order valence-electron chi connectivity index (χ3n) is 2.71. The van der Waals surface area contributed by atoms with E-state index in [0.717, 1.165) is 23.6 Å². The fourth-order valence-electron chi connectivity index (χ4n) is 1.98. The van der Waals surface area contributed by atoms with Crippen LogP contribution in [0.3, 0.4) is 0 Å². The molecule has 1 N–H and O–H groups in total. The lowest BCUT2D eigenvalue weighted by Gasteiger charge is -2.12. The molecule has 1 aliphatic rings. The Bertz CT molecular complexity index is 284. The van der Waals surface area contributed by atoms with Crippen molar-refractivity contribution >= 4 is 22.9 Å². The Kier molecular flexibility index (Phi) is 2.92. The molecule has 1 aromatic heterocycles. The first-order valence-electron chi connectivity index (χ1n) is 4.68. The maximum atomic E-state index is 9.63. The zero-order valence-electron chi connectivity index (χ0n) is 7.37. The summed E-state index contributed by atoms with van der Waals surface area (Å²) in [6.07, 6.45) is 4.23. The van der Waals surface area contributed by atoms with Gasteiger partial charge in [-0.2, -0.15) is 0 Å². The van der Waals surface area contributed by atoms with E-state index in [1.807, 2.05) is 6.07 Å². The Balaban J connectivity index is 1.97. The average Bonchev–Trinajstić information content (AvgIpc) is 2.64. The second-order valence-electron chi connectivity index (χ2n) is 3.67. The molecule has 0 spiro atoms. The summed E-state index contributed by atoms with van der Waals surface area (Å²) in [7, 11) is 0. The molecule has 0 radical (unpaired) electrons. The summed E-state index contributed by atoms with van der Waals surface area (Å²) in [5.74, 6) is 0.467. The van der Waals surface area contributed by atoms with E-state index < -0.39 is 0 Å². The minimum Gasteiger partial charge on any atom is -0.393 e. The smallest absolute Gasteiger partial charge is 0.0931 e. The molecule has 0 amide bonds. The Labute approximate surface area is 87.4 Å². The third-order valence-corrected chi connectivity index (χ3v) is 3.96. The number of hydrogen-bond donors (Lipinski definition) is 1. The average molecular weight is 217 g/mol. The lowest BCUT2D eigenvalue weighted by atomic mass is 10.0. The van der Waals surface area contributed by atoms with Crippen molar-refractivity contribution in [2.24, 2.45) is 5.92 Å². The van der Waals surface area contributed by atoms with Crippen LogP contribution in [0, 0.1) is 5.92 Å². The topological polar surface area (TPSA) is 20.2 Å². The molecule has 0 bridgehead atoms. The van der Waals surface area contributed by atoms with Gasteiger partial charge in [-0.25, -0.2) is 0 Å². The SMILES string of the molecule is O[C@@H]1CCC[C@H]1Cc1ccc(Cl)s1. The van der Waals surface area contributed by atoms with Gasteiger partial charge in [0.25, 0.3) is 0 Å². The van der Waals surface area contributed by atoms with Crippen LogP contribution in [0.2, 0.25) is 4.34 Å². The van der Waals surface area contributed by atoms with Crippen LogP contribution in [-0.4, -0.2) is 11.2 Å². The molecule has 0 aliphatic heterocycles. The summed E-state index contributed by atoms with van der Waals surface area (Å²) < 4.78 is 0.850. The van der Waals surface area contributed by atoms with Crippen molar-refractivity contribution in [3.63, 3.8) is 0 Å². The standard InChI is InChI=1S/C10H13ClOS/c11-10-5-4-8(13-10)6-7-2-1-3-9(7)12/h4-5,7,9,12H,1-3,6H2/t7-,9+/m0/s1. The fourth-order valence-corrected chi connectivity index (χ4v) is 3.16. The summed E-state index contributed by atoms with van der Waals surface area (Å²) in [4.78, 5) is 1.30. The Hall–Kier alpha value is -0.0500. The van der Waals surface area contributed by atoms with Crippen LogP contribution in [0.4, 0.5) is 0 Å². The number of aliphatic hydroxyl groups is 1. The predicted octanol–water partition coefficient (Wildman–Crippen LogP) is 3.11. The Morgan fingerprint density at radius 2 is 2.31 bits per heavy atom. The van der Waals surface area contributed by atoms with E-state index in [4.69, 9.17) is 11.6 Å². The summed E-state index contributed by atoms with van der Waals surface area (Å²) >= 11 is 7.47. The summed E-state index contributed by atoms with van der Waals surface area (Å²) in [5, 5.41) is 9.63. The normalized spacial score (nSPS) is 28.2. The van der Waals surface area contributed by atoms with Crippen molar-refractivity contribution in [2.45, 2.75) is 31.8 Å². The van der Waals surface area contributed by atoms with Gasteiger partial charge in [0.15, 0.2) is 0 Å². The van der Waals surface area contributed by atoms with Crippen molar-refractivity contribution in [3.8, 4) is 0 Å².